The van der Waals surface area contributed by atoms with E-state index in [1.54, 1.807) is 23.3 Å². The number of para-hydroxylation sites is 1. The van der Waals surface area contributed by atoms with E-state index in [1.807, 2.05) is 36.3 Å². The lowest BCUT2D eigenvalue weighted by Crippen LogP contribution is -2.06. The van der Waals surface area contributed by atoms with Crippen molar-refractivity contribution in [3.8, 4) is 10.7 Å². The fourth-order valence-electron chi connectivity index (χ4n) is 2.63. The van der Waals surface area contributed by atoms with Gasteiger partial charge in [-0.05, 0) is 19.1 Å². The molecule has 0 bridgehead atoms. The molecule has 0 aliphatic carbocycles. The normalized spacial score (nSPS) is 11.3. The number of imidazole rings is 1. The van der Waals surface area contributed by atoms with Crippen LogP contribution in [0.5, 0.6) is 0 Å². The van der Waals surface area contributed by atoms with Gasteiger partial charge in [0.05, 0.1) is 16.9 Å². The zero-order valence-electron chi connectivity index (χ0n) is 13.6. The minimum atomic E-state index is 0.987. The molecule has 0 saturated heterocycles. The van der Waals surface area contributed by atoms with Gasteiger partial charge in [0.15, 0.2) is 0 Å². The monoisotopic (exact) mass is 355 g/mol. The van der Waals surface area contributed by atoms with Crippen LogP contribution in [0.2, 0.25) is 0 Å². The number of benzene rings is 1. The third-order valence-corrected chi connectivity index (χ3v) is 5.61. The van der Waals surface area contributed by atoms with E-state index in [-0.39, 0.29) is 0 Å². The highest BCUT2D eigenvalue weighted by Crippen LogP contribution is 2.34. The van der Waals surface area contributed by atoms with E-state index < -0.39 is 0 Å². The number of fused-ring (bicyclic) bond motifs is 1. The van der Waals surface area contributed by atoms with Gasteiger partial charge in [-0.25, -0.2) is 9.97 Å². The van der Waals surface area contributed by atoms with E-state index in [2.05, 4.69) is 50.6 Å². The summed E-state index contributed by atoms with van der Waals surface area (Å²) in [5, 5.41) is 5.17. The summed E-state index contributed by atoms with van der Waals surface area (Å²) < 4.78 is 4.18. The van der Waals surface area contributed by atoms with E-state index in [9.17, 15) is 0 Å². The zero-order chi connectivity index (χ0) is 16.7. The number of nitrogens with zero attached hydrogens (tertiary/aromatic N) is 4. The van der Waals surface area contributed by atoms with Crippen LogP contribution in [0, 0.1) is 6.92 Å². The molecule has 0 spiro atoms. The van der Waals surface area contributed by atoms with Gasteiger partial charge in [-0.1, -0.05) is 12.1 Å². The molecule has 0 saturated carbocycles. The average Bonchev–Trinajstić information content (AvgIpc) is 3.27. The lowest BCUT2D eigenvalue weighted by molar-refractivity contribution is 0.858. The van der Waals surface area contributed by atoms with Crippen molar-refractivity contribution in [1.82, 2.24) is 19.5 Å². The number of hydrogen-bond acceptors (Lipinski definition) is 5. The molecule has 0 unspecified atom stereocenters. The standard InChI is InChI=1S/C17H17N5S2/c1-11-19-15(10-21(11)2)24-22(3)14-6-4-5-12-9-13(20-16(12)14)17-18-7-8-23-17/h4-10,20H,1-3H3. The maximum Gasteiger partial charge on any atom is 0.139 e. The first-order chi connectivity index (χ1) is 11.6. The van der Waals surface area contributed by atoms with E-state index in [4.69, 9.17) is 0 Å². The maximum atomic E-state index is 4.57. The summed E-state index contributed by atoms with van der Waals surface area (Å²) in [6, 6.07) is 8.47. The predicted molar refractivity (Wildman–Crippen MR) is 102 cm³/mol. The molecule has 0 atom stereocenters. The fourth-order valence-corrected chi connectivity index (χ4v) is 4.15. The Hall–Kier alpha value is -2.25. The lowest BCUT2D eigenvalue weighted by Gasteiger charge is -2.17. The Bertz CT molecular complexity index is 964. The Morgan fingerprint density at radius 1 is 1.33 bits per heavy atom. The van der Waals surface area contributed by atoms with Crippen LogP contribution in [-0.2, 0) is 7.05 Å². The van der Waals surface area contributed by atoms with Gasteiger partial charge < -0.3 is 13.9 Å². The van der Waals surface area contributed by atoms with Gasteiger partial charge in [0.1, 0.15) is 15.9 Å². The Labute approximate surface area is 148 Å². The van der Waals surface area contributed by atoms with Crippen LogP contribution in [0.15, 0.2) is 47.1 Å². The molecule has 0 aliphatic rings. The van der Waals surface area contributed by atoms with Gasteiger partial charge in [-0.15, -0.1) is 11.3 Å². The molecule has 0 fully saturated rings. The van der Waals surface area contributed by atoms with Gasteiger partial charge in [0, 0.05) is 49.2 Å². The first-order valence-electron chi connectivity index (χ1n) is 7.55. The second-order valence-corrected chi connectivity index (χ2v) is 7.63. The van der Waals surface area contributed by atoms with Crippen LogP contribution < -0.4 is 4.31 Å². The highest BCUT2D eigenvalue weighted by Gasteiger charge is 2.13. The SMILES string of the molecule is Cc1nc(SN(C)c2cccc3cc(-c4nccs4)[nH]c23)cn1C. The van der Waals surface area contributed by atoms with Crippen molar-refractivity contribution in [3.63, 3.8) is 0 Å². The van der Waals surface area contributed by atoms with Crippen molar-refractivity contribution < 1.29 is 0 Å². The Balaban J connectivity index is 1.70. The summed E-state index contributed by atoms with van der Waals surface area (Å²) in [5.41, 5.74) is 3.30. The Morgan fingerprint density at radius 2 is 2.21 bits per heavy atom. The molecule has 122 valence electrons. The molecule has 4 aromatic rings. The molecule has 1 aromatic carbocycles. The molecule has 7 heteroatoms. The summed E-state index contributed by atoms with van der Waals surface area (Å²) >= 11 is 3.26. The van der Waals surface area contributed by atoms with Crippen molar-refractivity contribution >= 4 is 39.9 Å². The van der Waals surface area contributed by atoms with E-state index >= 15 is 0 Å². The number of nitrogens with one attached hydrogen (secondary N) is 1. The summed E-state index contributed by atoms with van der Waals surface area (Å²) in [7, 11) is 4.08. The van der Waals surface area contributed by atoms with Crippen molar-refractivity contribution in [2.24, 2.45) is 7.05 Å². The third-order valence-electron chi connectivity index (χ3n) is 3.95. The minimum Gasteiger partial charge on any atom is -0.351 e. The molecule has 5 nitrogen and oxygen atoms in total. The Morgan fingerprint density at radius 3 is 2.92 bits per heavy atom. The van der Waals surface area contributed by atoms with Crippen molar-refractivity contribution in [3.05, 3.63) is 47.9 Å². The van der Waals surface area contributed by atoms with Crippen LogP contribution in [0.1, 0.15) is 5.82 Å². The largest absolute Gasteiger partial charge is 0.351 e. The predicted octanol–water partition coefficient (Wildman–Crippen LogP) is 4.48. The number of aromatic amines is 1. The molecule has 0 radical (unpaired) electrons. The summed E-state index contributed by atoms with van der Waals surface area (Å²) in [6.07, 6.45) is 3.88. The van der Waals surface area contributed by atoms with Crippen LogP contribution >= 0.6 is 23.3 Å². The lowest BCUT2D eigenvalue weighted by atomic mass is 10.2. The number of hydrogen-bond donors (Lipinski definition) is 1. The van der Waals surface area contributed by atoms with Crippen LogP contribution in [0.25, 0.3) is 21.6 Å². The van der Waals surface area contributed by atoms with Crippen molar-refractivity contribution in [2.75, 3.05) is 11.4 Å². The number of aromatic nitrogens is 4. The molecule has 3 aromatic heterocycles. The van der Waals surface area contributed by atoms with Gasteiger partial charge in [0.2, 0.25) is 0 Å². The third kappa shape index (κ3) is 2.70. The minimum absolute atomic E-state index is 0.987. The highest BCUT2D eigenvalue weighted by atomic mass is 32.2. The molecular weight excluding hydrogens is 338 g/mol. The summed E-state index contributed by atoms with van der Waals surface area (Å²) in [5.74, 6) is 1.01. The first-order valence-corrected chi connectivity index (χ1v) is 9.20. The number of anilines is 1. The molecule has 0 amide bonds. The molecule has 4 rings (SSSR count). The van der Waals surface area contributed by atoms with Crippen LogP contribution in [0.4, 0.5) is 5.69 Å². The van der Waals surface area contributed by atoms with Gasteiger partial charge in [0.25, 0.3) is 0 Å². The fraction of sp³-hybridized carbons (Fsp3) is 0.176. The van der Waals surface area contributed by atoms with Crippen LogP contribution in [0.3, 0.4) is 0 Å². The molecule has 24 heavy (non-hydrogen) atoms. The van der Waals surface area contributed by atoms with E-state index in [0.717, 1.165) is 32.8 Å². The number of aryl methyl sites for hydroxylation is 2. The summed E-state index contributed by atoms with van der Waals surface area (Å²) in [6.45, 7) is 2.01. The summed E-state index contributed by atoms with van der Waals surface area (Å²) in [4.78, 5) is 12.5. The smallest absolute Gasteiger partial charge is 0.139 e. The average molecular weight is 355 g/mol. The number of rotatable bonds is 4. The molecule has 0 aliphatic heterocycles. The molecule has 3 heterocycles. The molecule has 1 N–H and O–H groups in total. The second kappa shape index (κ2) is 5.99. The van der Waals surface area contributed by atoms with E-state index in [0.29, 0.717) is 0 Å². The Kier molecular flexibility index (Phi) is 3.82. The van der Waals surface area contributed by atoms with Gasteiger partial charge in [-0.3, -0.25) is 0 Å². The topological polar surface area (TPSA) is 49.7 Å². The van der Waals surface area contributed by atoms with Gasteiger partial charge in [-0.2, -0.15) is 0 Å². The molecular formula is C17H17N5S2. The van der Waals surface area contributed by atoms with Crippen LogP contribution in [-0.4, -0.2) is 26.6 Å². The number of thiazole rings is 1. The first kappa shape index (κ1) is 15.3. The highest BCUT2D eigenvalue weighted by molar-refractivity contribution is 8.00. The van der Waals surface area contributed by atoms with Crippen molar-refractivity contribution in [1.29, 1.82) is 0 Å². The maximum absolute atomic E-state index is 4.57. The zero-order valence-corrected chi connectivity index (χ0v) is 15.3. The van der Waals surface area contributed by atoms with E-state index in [1.165, 1.54) is 5.39 Å². The van der Waals surface area contributed by atoms with Gasteiger partial charge >= 0.3 is 0 Å². The number of H-pyrrole nitrogens is 1. The quantitative estimate of drug-likeness (QED) is 0.549. The van der Waals surface area contributed by atoms with Crippen molar-refractivity contribution in [2.45, 2.75) is 11.9 Å². The second-order valence-electron chi connectivity index (χ2n) is 5.59.